The van der Waals surface area contributed by atoms with E-state index in [2.05, 4.69) is 30.6 Å². The minimum atomic E-state index is -4.92. The Bertz CT molecular complexity index is 1810. The Morgan fingerprint density at radius 2 is 1.68 bits per heavy atom. The molecule has 1 aromatic heterocycles. The summed E-state index contributed by atoms with van der Waals surface area (Å²) in [5.74, 6) is -4.29. The summed E-state index contributed by atoms with van der Waals surface area (Å²) in [6, 6.07) is 13.6. The first-order chi connectivity index (χ1) is 22.0. The Hall–Kier alpha value is -3.93. The third-order valence-corrected chi connectivity index (χ3v) is 9.57. The van der Waals surface area contributed by atoms with Gasteiger partial charge in [-0.2, -0.15) is 4.31 Å². The van der Waals surface area contributed by atoms with E-state index in [1.807, 2.05) is 6.07 Å². The minimum Gasteiger partial charge on any atom is -0.480 e. The number of carboxylic acids is 1. The van der Waals surface area contributed by atoms with Crippen LogP contribution in [-0.4, -0.2) is 65.8 Å². The van der Waals surface area contributed by atoms with Gasteiger partial charge in [-0.3, -0.25) is 9.78 Å². The van der Waals surface area contributed by atoms with E-state index < -0.39 is 40.1 Å². The quantitative estimate of drug-likeness (QED) is 0.211. The molecule has 3 aromatic carbocycles. The van der Waals surface area contributed by atoms with E-state index in [9.17, 15) is 40.3 Å². The Balaban J connectivity index is 0.000000323. The van der Waals surface area contributed by atoms with Gasteiger partial charge in [0.15, 0.2) is 0 Å². The van der Waals surface area contributed by atoms with Crippen molar-refractivity contribution in [2.45, 2.75) is 43.1 Å². The number of fused-ring (bicyclic) bond motifs is 1. The average Bonchev–Trinajstić information content (AvgIpc) is 3.04. The molecule has 0 amide bonds. The molecule has 252 valence electrons. The lowest BCUT2D eigenvalue weighted by molar-refractivity contribution is -0.274. The van der Waals surface area contributed by atoms with Crippen LogP contribution < -0.4 is 15.4 Å². The van der Waals surface area contributed by atoms with Crippen molar-refractivity contribution in [2.24, 2.45) is 5.73 Å². The van der Waals surface area contributed by atoms with E-state index in [4.69, 9.17) is 5.73 Å². The normalized spacial score (nSPS) is 16.0. The van der Waals surface area contributed by atoms with Gasteiger partial charge < -0.3 is 20.5 Å². The van der Waals surface area contributed by atoms with Crippen molar-refractivity contribution < 1.29 is 45.0 Å². The molecule has 0 aliphatic carbocycles. The van der Waals surface area contributed by atoms with Crippen LogP contribution in [0.15, 0.2) is 82.3 Å². The summed E-state index contributed by atoms with van der Waals surface area (Å²) in [6.07, 6.45) is -3.61. The Labute approximate surface area is 275 Å². The molecule has 10 nitrogen and oxygen atoms in total. The fourth-order valence-corrected chi connectivity index (χ4v) is 6.54. The van der Waals surface area contributed by atoms with E-state index in [1.54, 1.807) is 29.2 Å². The van der Waals surface area contributed by atoms with Gasteiger partial charge in [0.1, 0.15) is 17.6 Å². The number of carboxylic acid groups (broad SMARTS) is 1. The lowest BCUT2D eigenvalue weighted by Crippen LogP contribution is -2.58. The molecule has 47 heavy (non-hydrogen) atoms. The molecule has 5 rings (SSSR count). The molecule has 1 atom stereocenters. The van der Waals surface area contributed by atoms with Gasteiger partial charge in [0.2, 0.25) is 10.0 Å². The van der Waals surface area contributed by atoms with Gasteiger partial charge in [-0.05, 0) is 48.0 Å². The number of ether oxygens (including phenoxy) is 1. The van der Waals surface area contributed by atoms with E-state index in [-0.39, 0.29) is 36.5 Å². The lowest BCUT2D eigenvalue weighted by Gasteiger charge is -2.38. The van der Waals surface area contributed by atoms with Crippen LogP contribution in [0.2, 0.25) is 0 Å². The van der Waals surface area contributed by atoms with Crippen LogP contribution in [0.3, 0.4) is 0 Å². The Kier molecular flexibility index (Phi) is 11.0. The highest BCUT2D eigenvalue weighted by Crippen LogP contribution is 2.31. The summed E-state index contributed by atoms with van der Waals surface area (Å²) in [6.45, 7) is 1.61. The van der Waals surface area contributed by atoms with E-state index in [0.29, 0.717) is 23.4 Å². The monoisotopic (exact) mass is 745 g/mol. The van der Waals surface area contributed by atoms with Crippen LogP contribution in [-0.2, 0) is 27.3 Å². The second-order valence-electron chi connectivity index (χ2n) is 10.3. The summed E-state index contributed by atoms with van der Waals surface area (Å²) in [4.78, 5) is 22.1. The fourth-order valence-electron chi connectivity index (χ4n) is 4.63. The van der Waals surface area contributed by atoms with Gasteiger partial charge in [-0.25, -0.2) is 22.2 Å². The average molecular weight is 747 g/mol. The number of hydrogen-bond donors (Lipinski definition) is 2. The molecule has 1 fully saturated rings. The van der Waals surface area contributed by atoms with Gasteiger partial charge >= 0.3 is 12.3 Å². The maximum atomic E-state index is 13.1. The number of alkyl halides is 5. The molecule has 0 spiro atoms. The second-order valence-corrected chi connectivity index (χ2v) is 13.1. The SMILES string of the molecule is CCC(F)(F)c1ccc(CN)cc1.O=C(O)[C@H]1CN(c2cnc3ccc(Br)cc3n2)CCN1S(=O)(=O)c1ccc(OC(F)(F)F)cc1. The zero-order valence-corrected chi connectivity index (χ0v) is 27.1. The standard InChI is InChI=1S/C20H16BrF3N4O5S.C10H13F2N/c21-12-1-6-15-16(9-12)26-18(10-25-15)27-7-8-28(17(11-27)19(29)30)34(31,32)14-4-2-13(3-5-14)33-20(22,23)24;1-2-10(11,12)9-5-3-8(7-13)4-6-9/h1-6,9-10,17H,7-8,11H2,(H,29,30);3-6H,2,7,13H2,1H3/t17-;/m1./s1. The first-order valence-corrected chi connectivity index (χ1v) is 16.2. The van der Waals surface area contributed by atoms with Gasteiger partial charge in [-0.1, -0.05) is 47.1 Å². The molecular formula is C30H29BrF5N5O5S. The number of nitrogens with zero attached hydrogens (tertiary/aromatic N) is 4. The Morgan fingerprint density at radius 1 is 1.02 bits per heavy atom. The smallest absolute Gasteiger partial charge is 0.480 e. The van der Waals surface area contributed by atoms with Gasteiger partial charge in [0.05, 0.1) is 22.1 Å². The van der Waals surface area contributed by atoms with Crippen molar-refractivity contribution in [1.82, 2.24) is 14.3 Å². The van der Waals surface area contributed by atoms with Gasteiger partial charge in [0, 0.05) is 42.6 Å². The molecule has 17 heteroatoms. The van der Waals surface area contributed by atoms with Crippen molar-refractivity contribution in [2.75, 3.05) is 24.5 Å². The number of halogens is 6. The van der Waals surface area contributed by atoms with Crippen molar-refractivity contribution >= 4 is 48.8 Å². The summed E-state index contributed by atoms with van der Waals surface area (Å²) in [5, 5.41) is 9.74. The lowest BCUT2D eigenvalue weighted by atomic mass is 10.0. The highest BCUT2D eigenvalue weighted by atomic mass is 79.9. The van der Waals surface area contributed by atoms with Gasteiger partial charge in [0.25, 0.3) is 5.92 Å². The molecule has 2 heterocycles. The van der Waals surface area contributed by atoms with E-state index in [1.165, 1.54) is 25.3 Å². The zero-order chi connectivity index (χ0) is 34.6. The van der Waals surface area contributed by atoms with Gasteiger partial charge in [-0.15, -0.1) is 13.2 Å². The summed E-state index contributed by atoms with van der Waals surface area (Å²) >= 11 is 3.36. The number of rotatable bonds is 8. The van der Waals surface area contributed by atoms with E-state index >= 15 is 0 Å². The number of aliphatic carboxylic acids is 1. The summed E-state index contributed by atoms with van der Waals surface area (Å²) in [5.41, 5.74) is 7.51. The molecule has 3 N–H and O–H groups in total. The van der Waals surface area contributed by atoms with E-state index in [0.717, 1.165) is 38.6 Å². The third kappa shape index (κ3) is 8.91. The number of nitrogens with two attached hydrogens (primary N) is 1. The minimum absolute atomic E-state index is 0.0622. The highest BCUT2D eigenvalue weighted by molar-refractivity contribution is 9.10. The molecule has 0 saturated carbocycles. The van der Waals surface area contributed by atoms with Crippen molar-refractivity contribution in [1.29, 1.82) is 0 Å². The van der Waals surface area contributed by atoms with Crippen LogP contribution in [0.1, 0.15) is 24.5 Å². The number of piperazine rings is 1. The number of anilines is 1. The molecule has 1 aliphatic rings. The fraction of sp³-hybridized carbons (Fsp3) is 0.300. The first kappa shape index (κ1) is 35.9. The van der Waals surface area contributed by atoms with Crippen LogP contribution >= 0.6 is 15.9 Å². The summed E-state index contributed by atoms with van der Waals surface area (Å²) in [7, 11) is -4.32. The van der Waals surface area contributed by atoms with Crippen LogP contribution in [0.25, 0.3) is 11.0 Å². The van der Waals surface area contributed by atoms with Crippen LogP contribution in [0, 0.1) is 0 Å². The topological polar surface area (TPSA) is 139 Å². The molecule has 1 aliphatic heterocycles. The van der Waals surface area contributed by atoms with Crippen molar-refractivity contribution in [3.63, 3.8) is 0 Å². The van der Waals surface area contributed by atoms with Crippen molar-refractivity contribution in [3.8, 4) is 5.75 Å². The number of hydrogen-bond acceptors (Lipinski definition) is 8. The van der Waals surface area contributed by atoms with Crippen molar-refractivity contribution in [3.05, 3.63) is 88.5 Å². The predicted octanol–water partition coefficient (Wildman–Crippen LogP) is 5.90. The number of aromatic nitrogens is 2. The second kappa shape index (κ2) is 14.5. The zero-order valence-electron chi connectivity index (χ0n) is 24.7. The highest BCUT2D eigenvalue weighted by Gasteiger charge is 2.41. The molecule has 1 saturated heterocycles. The molecular weight excluding hydrogens is 717 g/mol. The first-order valence-electron chi connectivity index (χ1n) is 14.0. The molecule has 0 radical (unpaired) electrons. The number of benzene rings is 3. The molecule has 0 unspecified atom stereocenters. The maximum absolute atomic E-state index is 13.1. The molecule has 4 aromatic rings. The number of carbonyl (C=O) groups is 1. The number of sulfonamides is 1. The summed E-state index contributed by atoms with van der Waals surface area (Å²) < 4.78 is 94.8. The predicted molar refractivity (Wildman–Crippen MR) is 166 cm³/mol. The Morgan fingerprint density at radius 3 is 2.26 bits per heavy atom. The maximum Gasteiger partial charge on any atom is 0.573 e. The van der Waals surface area contributed by atoms with Crippen LogP contribution in [0.5, 0.6) is 5.75 Å². The third-order valence-electron chi connectivity index (χ3n) is 7.15. The van der Waals surface area contributed by atoms with Crippen LogP contribution in [0.4, 0.5) is 27.8 Å². The molecule has 0 bridgehead atoms. The largest absolute Gasteiger partial charge is 0.573 e.